The summed E-state index contributed by atoms with van der Waals surface area (Å²) in [7, 11) is 0. The lowest BCUT2D eigenvalue weighted by Crippen LogP contribution is -2.31. The summed E-state index contributed by atoms with van der Waals surface area (Å²) in [4.78, 5) is 25.0. The smallest absolute Gasteiger partial charge is 0.319 e. The van der Waals surface area contributed by atoms with Gasteiger partial charge in [0, 0.05) is 11.4 Å². The van der Waals surface area contributed by atoms with Gasteiger partial charge >= 0.3 is 11.9 Å². The van der Waals surface area contributed by atoms with Crippen molar-refractivity contribution in [2.24, 2.45) is 0 Å². The van der Waals surface area contributed by atoms with E-state index >= 15 is 0 Å². The van der Waals surface area contributed by atoms with Crippen molar-refractivity contribution in [3.63, 3.8) is 0 Å². The van der Waals surface area contributed by atoms with Crippen molar-refractivity contribution in [2.75, 3.05) is 13.1 Å². The molecule has 0 unspecified atom stereocenters. The number of aliphatic carboxylic acids is 2. The van der Waals surface area contributed by atoms with Gasteiger partial charge in [-0.1, -0.05) is 12.1 Å². The minimum Gasteiger partial charge on any atom is -0.480 e. The summed E-state index contributed by atoms with van der Waals surface area (Å²) in [6.45, 7) is 4.32. The summed E-state index contributed by atoms with van der Waals surface area (Å²) in [5, 5.41) is 18.3. The Morgan fingerprint density at radius 3 is 2.38 bits per heavy atom. The van der Waals surface area contributed by atoms with Crippen LogP contribution in [-0.4, -0.2) is 44.9 Å². The Bertz CT molecular complexity index is 725. The number of thioether (sulfide) groups is 1. The van der Waals surface area contributed by atoms with Gasteiger partial charge < -0.3 is 14.6 Å². The highest BCUT2D eigenvalue weighted by atomic mass is 32.2. The molecule has 1 aromatic heterocycles. The van der Waals surface area contributed by atoms with Crippen LogP contribution in [0, 0.1) is 0 Å². The predicted molar refractivity (Wildman–Crippen MR) is 99.3 cm³/mol. The van der Waals surface area contributed by atoms with E-state index in [-0.39, 0.29) is 6.54 Å². The highest BCUT2D eigenvalue weighted by molar-refractivity contribution is 8.01. The lowest BCUT2D eigenvalue weighted by Gasteiger charge is -2.20. The van der Waals surface area contributed by atoms with E-state index in [4.69, 9.17) is 9.52 Å². The number of carboxylic acids is 2. The SMILES string of the molecule is CC(C)(Sc1ccc(CCN(CC(=O)O)Cc2ccco2)cc1)C(=O)O. The van der Waals surface area contributed by atoms with Gasteiger partial charge in [0.05, 0.1) is 19.4 Å². The number of nitrogens with zero attached hydrogens (tertiary/aromatic N) is 1. The molecule has 0 aliphatic carbocycles. The minimum absolute atomic E-state index is 0.0541. The molecule has 6 nitrogen and oxygen atoms in total. The third-order valence-corrected chi connectivity index (χ3v) is 5.04. The molecule has 0 amide bonds. The summed E-state index contributed by atoms with van der Waals surface area (Å²) >= 11 is 1.30. The van der Waals surface area contributed by atoms with Gasteiger partial charge in [0.25, 0.3) is 0 Å². The van der Waals surface area contributed by atoms with Crippen molar-refractivity contribution >= 4 is 23.7 Å². The molecule has 0 spiro atoms. The largest absolute Gasteiger partial charge is 0.480 e. The maximum atomic E-state index is 11.2. The monoisotopic (exact) mass is 377 g/mol. The van der Waals surface area contributed by atoms with Crippen LogP contribution in [0.25, 0.3) is 0 Å². The molecule has 0 saturated carbocycles. The fourth-order valence-corrected chi connectivity index (χ4v) is 3.33. The first-order valence-electron chi connectivity index (χ1n) is 8.24. The molecule has 7 heteroatoms. The molecule has 0 saturated heterocycles. The third-order valence-electron chi connectivity index (χ3n) is 3.85. The molecule has 2 rings (SSSR count). The van der Waals surface area contributed by atoms with Crippen LogP contribution < -0.4 is 0 Å². The fraction of sp³-hybridized carbons (Fsp3) is 0.368. The van der Waals surface area contributed by atoms with Gasteiger partial charge in [0.1, 0.15) is 10.5 Å². The Kier molecular flexibility index (Phi) is 6.88. The molecule has 26 heavy (non-hydrogen) atoms. The first kappa shape index (κ1) is 20.1. The van der Waals surface area contributed by atoms with Gasteiger partial charge in [-0.2, -0.15) is 0 Å². The molecule has 1 heterocycles. The van der Waals surface area contributed by atoms with E-state index in [0.29, 0.717) is 19.5 Å². The molecule has 0 atom stereocenters. The van der Waals surface area contributed by atoms with Gasteiger partial charge in [-0.15, -0.1) is 11.8 Å². The van der Waals surface area contributed by atoms with E-state index < -0.39 is 16.7 Å². The van der Waals surface area contributed by atoms with Crippen molar-refractivity contribution in [2.45, 2.75) is 36.5 Å². The number of carbonyl (C=O) groups is 2. The molecule has 0 bridgehead atoms. The van der Waals surface area contributed by atoms with Crippen LogP contribution in [0.2, 0.25) is 0 Å². The number of rotatable bonds is 10. The van der Waals surface area contributed by atoms with Crippen molar-refractivity contribution in [3.05, 3.63) is 54.0 Å². The van der Waals surface area contributed by atoms with Gasteiger partial charge in [0.2, 0.25) is 0 Å². The molecule has 0 radical (unpaired) electrons. The zero-order chi connectivity index (χ0) is 19.2. The number of benzene rings is 1. The minimum atomic E-state index is -0.886. The topological polar surface area (TPSA) is 91.0 Å². The maximum absolute atomic E-state index is 11.2. The summed E-state index contributed by atoms with van der Waals surface area (Å²) < 4.78 is 4.41. The van der Waals surface area contributed by atoms with Gasteiger partial charge in [-0.05, 0) is 50.1 Å². The van der Waals surface area contributed by atoms with E-state index in [1.165, 1.54) is 11.8 Å². The Labute approximate surface area is 156 Å². The van der Waals surface area contributed by atoms with Crippen LogP contribution in [0.1, 0.15) is 25.2 Å². The average molecular weight is 377 g/mol. The van der Waals surface area contributed by atoms with E-state index in [0.717, 1.165) is 16.2 Å². The van der Waals surface area contributed by atoms with Gasteiger partial charge in [0.15, 0.2) is 0 Å². The lowest BCUT2D eigenvalue weighted by atomic mass is 10.1. The first-order chi connectivity index (χ1) is 12.3. The highest BCUT2D eigenvalue weighted by Gasteiger charge is 2.28. The van der Waals surface area contributed by atoms with Crippen LogP contribution >= 0.6 is 11.8 Å². The number of hydrogen-bond donors (Lipinski definition) is 2. The molecule has 140 valence electrons. The average Bonchev–Trinajstić information content (AvgIpc) is 3.06. The first-order valence-corrected chi connectivity index (χ1v) is 9.06. The Morgan fingerprint density at radius 1 is 1.15 bits per heavy atom. The van der Waals surface area contributed by atoms with E-state index in [2.05, 4.69) is 0 Å². The van der Waals surface area contributed by atoms with E-state index in [1.54, 1.807) is 26.2 Å². The number of carboxylic acid groups (broad SMARTS) is 2. The quantitative estimate of drug-likeness (QED) is 0.614. The van der Waals surface area contributed by atoms with Crippen LogP contribution in [0.5, 0.6) is 0 Å². The van der Waals surface area contributed by atoms with Crippen LogP contribution in [-0.2, 0) is 22.6 Å². The normalized spacial score (nSPS) is 11.7. The van der Waals surface area contributed by atoms with E-state index in [9.17, 15) is 14.7 Å². The molecule has 1 aromatic carbocycles. The zero-order valence-electron chi connectivity index (χ0n) is 14.8. The van der Waals surface area contributed by atoms with Crippen LogP contribution in [0.3, 0.4) is 0 Å². The van der Waals surface area contributed by atoms with E-state index in [1.807, 2.05) is 35.2 Å². The Balaban J connectivity index is 1.94. The number of hydrogen-bond acceptors (Lipinski definition) is 5. The Hall–Kier alpha value is -2.25. The highest BCUT2D eigenvalue weighted by Crippen LogP contribution is 2.32. The summed E-state index contributed by atoms with van der Waals surface area (Å²) in [5.74, 6) is -0.998. The third kappa shape index (κ3) is 6.24. The summed E-state index contributed by atoms with van der Waals surface area (Å²) in [6, 6.07) is 11.3. The Morgan fingerprint density at radius 2 is 1.85 bits per heavy atom. The predicted octanol–water partition coefficient (Wildman–Crippen LogP) is 3.36. The summed E-state index contributed by atoms with van der Waals surface area (Å²) in [5.41, 5.74) is 1.07. The molecular weight excluding hydrogens is 354 g/mol. The molecule has 0 fully saturated rings. The second-order valence-corrected chi connectivity index (χ2v) is 8.19. The zero-order valence-corrected chi connectivity index (χ0v) is 15.7. The molecule has 0 aliphatic rings. The molecule has 2 N–H and O–H groups in total. The second-order valence-electron chi connectivity index (χ2n) is 6.50. The van der Waals surface area contributed by atoms with Crippen molar-refractivity contribution in [1.29, 1.82) is 0 Å². The molecule has 2 aromatic rings. The molecular formula is C19H23NO5S. The van der Waals surface area contributed by atoms with Crippen molar-refractivity contribution in [1.82, 2.24) is 4.90 Å². The standard InChI is InChI=1S/C19H23NO5S/c1-19(2,18(23)24)26-16-7-5-14(6-8-16)9-10-20(13-17(21)22)12-15-4-3-11-25-15/h3-8,11H,9-10,12-13H2,1-2H3,(H,21,22)(H,23,24). The fourth-order valence-electron chi connectivity index (χ4n) is 2.38. The van der Waals surface area contributed by atoms with Crippen molar-refractivity contribution < 1.29 is 24.2 Å². The number of furan rings is 1. The second kappa shape index (κ2) is 8.91. The van der Waals surface area contributed by atoms with Crippen LogP contribution in [0.15, 0.2) is 52.0 Å². The van der Waals surface area contributed by atoms with Crippen molar-refractivity contribution in [3.8, 4) is 0 Å². The van der Waals surface area contributed by atoms with Crippen LogP contribution in [0.4, 0.5) is 0 Å². The van der Waals surface area contributed by atoms with Gasteiger partial charge in [-0.3, -0.25) is 14.5 Å². The van der Waals surface area contributed by atoms with Gasteiger partial charge in [-0.25, -0.2) is 0 Å². The lowest BCUT2D eigenvalue weighted by molar-refractivity contribution is -0.139. The summed E-state index contributed by atoms with van der Waals surface area (Å²) in [6.07, 6.45) is 2.27. The maximum Gasteiger partial charge on any atom is 0.319 e. The molecule has 0 aliphatic heterocycles.